The minimum atomic E-state index is -0.568. The van der Waals surface area contributed by atoms with E-state index < -0.39 is 5.41 Å². The number of aromatic nitrogens is 2. The molecule has 0 aliphatic carbocycles. The number of methoxy groups -OCH3 is 1. The van der Waals surface area contributed by atoms with E-state index in [4.69, 9.17) is 21.1 Å². The molecule has 0 saturated carbocycles. The second-order valence-corrected chi connectivity index (χ2v) is 8.55. The lowest BCUT2D eigenvalue weighted by molar-refractivity contribution is -0.141. The van der Waals surface area contributed by atoms with Gasteiger partial charge >= 0.3 is 0 Å². The molecule has 1 fully saturated rings. The molecule has 0 radical (unpaired) electrons. The van der Waals surface area contributed by atoms with Crippen LogP contribution < -0.4 is 14.4 Å². The summed E-state index contributed by atoms with van der Waals surface area (Å²) in [5.74, 6) is 2.84. The second-order valence-electron chi connectivity index (χ2n) is 8.28. The first-order valence-electron chi connectivity index (χ1n) is 10.0. The van der Waals surface area contributed by atoms with Gasteiger partial charge in [-0.1, -0.05) is 6.07 Å². The van der Waals surface area contributed by atoms with Gasteiger partial charge in [-0.25, -0.2) is 9.97 Å². The molecule has 2 heterocycles. The van der Waals surface area contributed by atoms with Crippen molar-refractivity contribution in [1.82, 2.24) is 14.9 Å². The summed E-state index contributed by atoms with van der Waals surface area (Å²) < 4.78 is 11.4. The number of piperazine rings is 1. The number of ether oxygens (including phenoxy) is 2. The number of nitrogens with zero attached hydrogens (tertiary/aromatic N) is 4. The maximum Gasteiger partial charge on any atom is 0.229 e. The average molecular weight is 433 g/mol. The Balaban J connectivity index is 1.72. The molecule has 0 spiro atoms. The van der Waals surface area contributed by atoms with E-state index in [2.05, 4.69) is 14.9 Å². The highest BCUT2D eigenvalue weighted by Gasteiger charge is 2.36. The highest BCUT2D eigenvalue weighted by molar-refractivity contribution is 6.19. The van der Waals surface area contributed by atoms with Crippen molar-refractivity contribution < 1.29 is 14.3 Å². The Bertz CT molecular complexity index is 906. The third-order valence-electron chi connectivity index (χ3n) is 5.29. The van der Waals surface area contributed by atoms with Gasteiger partial charge in [0.25, 0.3) is 0 Å². The summed E-state index contributed by atoms with van der Waals surface area (Å²) in [5.41, 5.74) is 0.516. The predicted molar refractivity (Wildman–Crippen MR) is 118 cm³/mol. The van der Waals surface area contributed by atoms with Gasteiger partial charge in [-0.3, -0.25) is 4.79 Å². The number of aryl methyl sites for hydroxylation is 1. The summed E-state index contributed by atoms with van der Waals surface area (Å²) in [4.78, 5) is 25.5. The molecule has 162 valence electrons. The molecule has 30 heavy (non-hydrogen) atoms. The zero-order chi connectivity index (χ0) is 21.9. The van der Waals surface area contributed by atoms with E-state index in [1.807, 2.05) is 56.9 Å². The van der Waals surface area contributed by atoms with Crippen molar-refractivity contribution in [2.45, 2.75) is 33.7 Å². The number of anilines is 1. The van der Waals surface area contributed by atoms with Gasteiger partial charge < -0.3 is 19.3 Å². The highest BCUT2D eigenvalue weighted by atomic mass is 35.5. The Morgan fingerprint density at radius 1 is 1.23 bits per heavy atom. The fraction of sp³-hybridized carbons (Fsp3) is 0.500. The van der Waals surface area contributed by atoms with Crippen molar-refractivity contribution >= 4 is 23.3 Å². The van der Waals surface area contributed by atoms with Gasteiger partial charge in [-0.05, 0) is 45.4 Å². The molecule has 1 amide bonds. The minimum absolute atomic E-state index is 0.0465. The van der Waals surface area contributed by atoms with E-state index in [9.17, 15) is 4.79 Å². The molecule has 1 aromatic carbocycles. The van der Waals surface area contributed by atoms with E-state index in [0.717, 1.165) is 11.4 Å². The van der Waals surface area contributed by atoms with Crippen molar-refractivity contribution in [3.8, 4) is 17.4 Å². The van der Waals surface area contributed by atoms with Crippen LogP contribution in [-0.4, -0.2) is 59.4 Å². The Morgan fingerprint density at radius 3 is 2.67 bits per heavy atom. The number of carbonyl (C=O) groups excluding carboxylic acids is 1. The first-order valence-corrected chi connectivity index (χ1v) is 10.5. The molecular weight excluding hydrogens is 404 g/mol. The Labute approximate surface area is 183 Å². The Hall–Kier alpha value is -2.54. The number of rotatable bonds is 6. The topological polar surface area (TPSA) is 67.8 Å². The molecule has 1 saturated heterocycles. The van der Waals surface area contributed by atoms with Crippen molar-refractivity contribution in [3.05, 3.63) is 36.2 Å². The number of alkyl halides is 1. The number of hydrogen-bond donors (Lipinski definition) is 0. The molecule has 3 rings (SSSR count). The van der Waals surface area contributed by atoms with Crippen molar-refractivity contribution in [2.75, 3.05) is 37.5 Å². The lowest BCUT2D eigenvalue weighted by atomic mass is 9.93. The molecule has 8 heteroatoms. The third-order valence-corrected chi connectivity index (χ3v) is 5.95. The SMILES string of the molecule is COc1cc(C)ccc1Oc1cc(N2CCN(C(=O)C(C)(C)CCl)[C@H](C)C2)ncn1. The summed E-state index contributed by atoms with van der Waals surface area (Å²) in [5, 5.41) is 0. The largest absolute Gasteiger partial charge is 0.493 e. The van der Waals surface area contributed by atoms with Gasteiger partial charge in [0.1, 0.15) is 12.1 Å². The molecule has 1 aromatic heterocycles. The molecule has 7 nitrogen and oxygen atoms in total. The standard InChI is InChI=1S/C22H29ClN4O3/c1-15-6-7-17(18(10-15)29-5)30-20-11-19(24-14-25-20)26-8-9-27(16(2)12-26)21(28)22(3,4)13-23/h6-7,10-11,14,16H,8-9,12-13H2,1-5H3/t16-/m1/s1. The van der Waals surface area contributed by atoms with Crippen LogP contribution in [0, 0.1) is 12.3 Å². The van der Waals surface area contributed by atoms with Crippen LogP contribution in [0.5, 0.6) is 17.4 Å². The van der Waals surface area contributed by atoms with Crippen LogP contribution in [0.25, 0.3) is 0 Å². The normalized spacial score (nSPS) is 17.1. The quantitative estimate of drug-likeness (QED) is 0.645. The Kier molecular flexibility index (Phi) is 6.71. The van der Waals surface area contributed by atoms with Crippen LogP contribution in [0.2, 0.25) is 0 Å². The summed E-state index contributed by atoms with van der Waals surface area (Å²) in [7, 11) is 1.61. The van der Waals surface area contributed by atoms with Crippen LogP contribution in [0.15, 0.2) is 30.6 Å². The molecule has 0 bridgehead atoms. The van der Waals surface area contributed by atoms with Crippen LogP contribution >= 0.6 is 11.6 Å². The molecule has 1 aliphatic rings. The first kappa shape index (κ1) is 22.2. The number of hydrogen-bond acceptors (Lipinski definition) is 6. The summed E-state index contributed by atoms with van der Waals surface area (Å²) in [6.07, 6.45) is 1.49. The molecule has 0 unspecified atom stereocenters. The fourth-order valence-electron chi connectivity index (χ4n) is 3.44. The zero-order valence-electron chi connectivity index (χ0n) is 18.2. The number of halogens is 1. The lowest BCUT2D eigenvalue weighted by Gasteiger charge is -2.43. The molecular formula is C22H29ClN4O3. The van der Waals surface area contributed by atoms with Crippen molar-refractivity contribution in [2.24, 2.45) is 5.41 Å². The van der Waals surface area contributed by atoms with Crippen LogP contribution in [0.3, 0.4) is 0 Å². The lowest BCUT2D eigenvalue weighted by Crippen LogP contribution is -2.57. The van der Waals surface area contributed by atoms with E-state index in [-0.39, 0.29) is 11.9 Å². The van der Waals surface area contributed by atoms with Gasteiger partial charge in [-0.15, -0.1) is 11.6 Å². The predicted octanol–water partition coefficient (Wildman–Crippen LogP) is 3.89. The molecule has 2 aromatic rings. The van der Waals surface area contributed by atoms with E-state index >= 15 is 0 Å². The highest BCUT2D eigenvalue weighted by Crippen LogP contribution is 2.32. The first-order chi connectivity index (χ1) is 14.2. The number of benzene rings is 1. The monoisotopic (exact) mass is 432 g/mol. The molecule has 0 N–H and O–H groups in total. The summed E-state index contributed by atoms with van der Waals surface area (Å²) >= 11 is 6.00. The minimum Gasteiger partial charge on any atom is -0.493 e. The smallest absolute Gasteiger partial charge is 0.229 e. The number of amides is 1. The third kappa shape index (κ3) is 4.78. The van der Waals surface area contributed by atoms with Gasteiger partial charge in [0, 0.05) is 37.6 Å². The Morgan fingerprint density at radius 2 is 2.00 bits per heavy atom. The maximum atomic E-state index is 12.8. The number of carbonyl (C=O) groups is 1. The van der Waals surface area contributed by atoms with Crippen molar-refractivity contribution in [1.29, 1.82) is 0 Å². The van der Waals surface area contributed by atoms with Crippen LogP contribution in [0.1, 0.15) is 26.3 Å². The van der Waals surface area contributed by atoms with Gasteiger partial charge in [-0.2, -0.15) is 0 Å². The fourth-order valence-corrected chi connectivity index (χ4v) is 3.56. The van der Waals surface area contributed by atoms with Crippen molar-refractivity contribution in [3.63, 3.8) is 0 Å². The molecule has 1 atom stereocenters. The average Bonchev–Trinajstić information content (AvgIpc) is 2.74. The maximum absolute atomic E-state index is 12.8. The summed E-state index contributed by atoms with van der Waals surface area (Å²) in [6, 6.07) is 7.59. The molecule has 1 aliphatic heterocycles. The van der Waals surface area contributed by atoms with Gasteiger partial charge in [0.2, 0.25) is 11.8 Å². The van der Waals surface area contributed by atoms with Gasteiger partial charge in [0.05, 0.1) is 12.5 Å². The van der Waals surface area contributed by atoms with Gasteiger partial charge in [0.15, 0.2) is 11.5 Å². The van der Waals surface area contributed by atoms with E-state index in [0.29, 0.717) is 42.9 Å². The van der Waals surface area contributed by atoms with E-state index in [1.165, 1.54) is 6.33 Å². The zero-order valence-corrected chi connectivity index (χ0v) is 18.9. The van der Waals surface area contributed by atoms with E-state index in [1.54, 1.807) is 7.11 Å². The van der Waals surface area contributed by atoms with Crippen LogP contribution in [0.4, 0.5) is 5.82 Å². The second kappa shape index (κ2) is 9.08. The van der Waals surface area contributed by atoms with Crippen LogP contribution in [-0.2, 0) is 4.79 Å². The summed E-state index contributed by atoms with van der Waals surface area (Å²) in [6.45, 7) is 9.78.